The van der Waals surface area contributed by atoms with Crippen LogP contribution in [0.2, 0.25) is 0 Å². The molecule has 2 aromatic rings. The van der Waals surface area contributed by atoms with Gasteiger partial charge in [0.1, 0.15) is 5.78 Å². The van der Waals surface area contributed by atoms with E-state index in [4.69, 9.17) is 0 Å². The van der Waals surface area contributed by atoms with Crippen LogP contribution in [0.5, 0.6) is 0 Å². The Labute approximate surface area is 144 Å². The molecule has 0 amide bonds. The van der Waals surface area contributed by atoms with Crippen LogP contribution in [0.1, 0.15) is 30.4 Å². The maximum Gasteiger partial charge on any atom is 0.134 e. The van der Waals surface area contributed by atoms with Gasteiger partial charge in [-0.3, -0.25) is 9.69 Å². The topological polar surface area (TPSA) is 20.3 Å². The summed E-state index contributed by atoms with van der Waals surface area (Å²) in [6.45, 7) is 2.10. The van der Waals surface area contributed by atoms with Crippen LogP contribution in [0.25, 0.3) is 0 Å². The molecule has 124 valence electrons. The number of Topliss-reactive ketones (excluding diaryl/α,β-unsaturated/α-hetero) is 1. The predicted molar refractivity (Wildman–Crippen MR) is 96.6 cm³/mol. The lowest BCUT2D eigenvalue weighted by Gasteiger charge is -2.48. The van der Waals surface area contributed by atoms with Crippen molar-refractivity contribution in [3.05, 3.63) is 71.8 Å². The van der Waals surface area contributed by atoms with E-state index in [9.17, 15) is 4.79 Å². The minimum Gasteiger partial charge on any atom is -0.300 e. The number of carbonyl (C=O) groups excluding carboxylic acids is 1. The zero-order valence-corrected chi connectivity index (χ0v) is 14.1. The molecule has 1 heterocycles. The van der Waals surface area contributed by atoms with E-state index in [2.05, 4.69) is 65.6 Å². The molecule has 1 saturated carbocycles. The van der Waals surface area contributed by atoms with Crippen molar-refractivity contribution in [2.45, 2.75) is 38.3 Å². The summed E-state index contributed by atoms with van der Waals surface area (Å²) >= 11 is 0. The molecule has 2 aromatic carbocycles. The van der Waals surface area contributed by atoms with Gasteiger partial charge in [0, 0.05) is 25.4 Å². The molecule has 2 nitrogen and oxygen atoms in total. The van der Waals surface area contributed by atoms with E-state index in [-0.39, 0.29) is 0 Å². The van der Waals surface area contributed by atoms with E-state index in [1.54, 1.807) is 0 Å². The van der Waals surface area contributed by atoms with Gasteiger partial charge in [0.25, 0.3) is 0 Å². The third kappa shape index (κ3) is 3.29. The number of hydrogen-bond donors (Lipinski definition) is 0. The van der Waals surface area contributed by atoms with Gasteiger partial charge in [0.15, 0.2) is 0 Å². The predicted octanol–water partition coefficient (Wildman–Crippen LogP) is 4.10. The van der Waals surface area contributed by atoms with Gasteiger partial charge in [0.2, 0.25) is 0 Å². The van der Waals surface area contributed by atoms with Gasteiger partial charge in [-0.1, -0.05) is 60.7 Å². The smallest absolute Gasteiger partial charge is 0.134 e. The van der Waals surface area contributed by atoms with Gasteiger partial charge in [-0.05, 0) is 42.3 Å². The summed E-state index contributed by atoms with van der Waals surface area (Å²) in [7, 11) is 0. The van der Waals surface area contributed by atoms with Gasteiger partial charge in [-0.25, -0.2) is 0 Å². The van der Waals surface area contributed by atoms with Crippen LogP contribution in [-0.4, -0.2) is 23.3 Å². The molecule has 0 radical (unpaired) electrons. The minimum atomic E-state index is 0.408. The average Bonchev–Trinajstić information content (AvgIpc) is 2.60. The fourth-order valence-corrected chi connectivity index (χ4v) is 4.64. The molecule has 0 N–H and O–H groups in total. The number of likely N-dealkylation sites (tertiary alicyclic amines) is 1. The van der Waals surface area contributed by atoms with Crippen molar-refractivity contribution in [1.29, 1.82) is 0 Å². The lowest BCUT2D eigenvalue weighted by Crippen LogP contribution is -2.53. The zero-order valence-electron chi connectivity index (χ0n) is 14.1. The van der Waals surface area contributed by atoms with Crippen LogP contribution in [0.4, 0.5) is 0 Å². The number of piperidine rings is 1. The molecule has 2 aliphatic rings. The number of rotatable bonds is 4. The van der Waals surface area contributed by atoms with Crippen LogP contribution in [0.15, 0.2) is 60.7 Å². The maximum absolute atomic E-state index is 12.2. The monoisotopic (exact) mass is 319 g/mol. The second-order valence-corrected chi connectivity index (χ2v) is 7.37. The average molecular weight is 319 g/mol. The van der Waals surface area contributed by atoms with Crippen LogP contribution in [-0.2, 0) is 17.8 Å². The van der Waals surface area contributed by atoms with Crippen molar-refractivity contribution in [2.75, 3.05) is 6.54 Å². The van der Waals surface area contributed by atoms with Gasteiger partial charge in [0.05, 0.1) is 0 Å². The van der Waals surface area contributed by atoms with E-state index in [0.717, 1.165) is 38.8 Å². The lowest BCUT2D eigenvalue weighted by molar-refractivity contribution is -0.128. The summed E-state index contributed by atoms with van der Waals surface area (Å²) in [5.41, 5.74) is 2.76. The standard InChI is InChI=1S/C22H25NO/c24-20-14-19-11-12-23(16-18-9-5-2-6-10-18)22(15-20)21(19)13-17-7-3-1-4-8-17/h1-10,19,21-22H,11-16H2/t19-,21+,22+/m1/s1. The molecule has 4 rings (SSSR count). The fourth-order valence-electron chi connectivity index (χ4n) is 4.64. The SMILES string of the molecule is O=C1C[C@H]2CCN(Cc3ccccc3)[C@@H](C1)[C@H]2Cc1ccccc1. The van der Waals surface area contributed by atoms with E-state index < -0.39 is 0 Å². The van der Waals surface area contributed by atoms with Crippen molar-refractivity contribution in [3.8, 4) is 0 Å². The Morgan fingerprint density at radius 1 is 0.875 bits per heavy atom. The number of benzene rings is 2. The first-order valence-corrected chi connectivity index (χ1v) is 9.13. The summed E-state index contributed by atoms with van der Waals surface area (Å²) in [5, 5.41) is 0. The number of carbonyl (C=O) groups is 1. The second-order valence-electron chi connectivity index (χ2n) is 7.37. The first kappa shape index (κ1) is 15.6. The van der Waals surface area contributed by atoms with Gasteiger partial charge in [-0.2, -0.15) is 0 Å². The highest BCUT2D eigenvalue weighted by Crippen LogP contribution is 2.40. The number of fused-ring (bicyclic) bond motifs is 2. The minimum absolute atomic E-state index is 0.408. The Morgan fingerprint density at radius 3 is 2.25 bits per heavy atom. The molecule has 0 aromatic heterocycles. The van der Waals surface area contributed by atoms with Gasteiger partial charge < -0.3 is 0 Å². The molecular formula is C22H25NO. The first-order valence-electron chi connectivity index (χ1n) is 9.13. The van der Waals surface area contributed by atoms with Crippen molar-refractivity contribution < 1.29 is 4.79 Å². The highest BCUT2D eigenvalue weighted by Gasteiger charge is 2.43. The molecule has 0 spiro atoms. The number of ketones is 1. The quantitative estimate of drug-likeness (QED) is 0.845. The normalized spacial score (nSPS) is 27.2. The molecule has 1 saturated heterocycles. The molecule has 0 unspecified atom stereocenters. The Kier molecular flexibility index (Phi) is 4.48. The number of nitrogens with zero attached hydrogens (tertiary/aromatic N) is 1. The summed E-state index contributed by atoms with van der Waals surface area (Å²) < 4.78 is 0. The van der Waals surface area contributed by atoms with Crippen molar-refractivity contribution in [3.63, 3.8) is 0 Å². The van der Waals surface area contributed by atoms with Crippen molar-refractivity contribution in [2.24, 2.45) is 11.8 Å². The largest absolute Gasteiger partial charge is 0.300 e. The molecule has 3 atom stereocenters. The Morgan fingerprint density at radius 2 is 1.54 bits per heavy atom. The van der Waals surface area contributed by atoms with Crippen LogP contribution < -0.4 is 0 Å². The van der Waals surface area contributed by atoms with Gasteiger partial charge >= 0.3 is 0 Å². The fraction of sp³-hybridized carbons (Fsp3) is 0.409. The summed E-state index contributed by atoms with van der Waals surface area (Å²) in [6, 6.07) is 21.9. The van der Waals surface area contributed by atoms with Crippen molar-refractivity contribution in [1.82, 2.24) is 4.90 Å². The van der Waals surface area contributed by atoms with Crippen LogP contribution in [0, 0.1) is 11.8 Å². The summed E-state index contributed by atoms with van der Waals surface area (Å²) in [4.78, 5) is 14.8. The molecule has 2 bridgehead atoms. The molecule has 1 aliphatic carbocycles. The first-order chi connectivity index (χ1) is 11.8. The van der Waals surface area contributed by atoms with E-state index in [1.807, 2.05) is 0 Å². The molecule has 2 heteroatoms. The van der Waals surface area contributed by atoms with Crippen LogP contribution >= 0.6 is 0 Å². The number of hydrogen-bond acceptors (Lipinski definition) is 2. The summed E-state index contributed by atoms with van der Waals surface area (Å²) in [6.07, 6.45) is 3.80. The zero-order chi connectivity index (χ0) is 16.4. The third-order valence-electron chi connectivity index (χ3n) is 5.83. The third-order valence-corrected chi connectivity index (χ3v) is 5.83. The van der Waals surface area contributed by atoms with Crippen molar-refractivity contribution >= 4 is 5.78 Å². The second kappa shape index (κ2) is 6.90. The summed E-state index contributed by atoms with van der Waals surface area (Å²) in [5.74, 6) is 1.65. The lowest BCUT2D eigenvalue weighted by atomic mass is 9.68. The van der Waals surface area contributed by atoms with Crippen LogP contribution in [0.3, 0.4) is 0 Å². The molecule has 24 heavy (non-hydrogen) atoms. The Hall–Kier alpha value is -1.93. The Balaban J connectivity index is 1.55. The highest BCUT2D eigenvalue weighted by molar-refractivity contribution is 5.80. The molecule has 2 fully saturated rings. The molecule has 1 aliphatic heterocycles. The van der Waals surface area contributed by atoms with Gasteiger partial charge in [-0.15, -0.1) is 0 Å². The van der Waals surface area contributed by atoms with E-state index >= 15 is 0 Å². The maximum atomic E-state index is 12.2. The Bertz CT molecular complexity index is 682. The molecular weight excluding hydrogens is 294 g/mol. The van der Waals surface area contributed by atoms with E-state index in [1.165, 1.54) is 11.1 Å². The van der Waals surface area contributed by atoms with E-state index in [0.29, 0.717) is 23.7 Å². The highest BCUT2D eigenvalue weighted by atomic mass is 16.1.